The van der Waals surface area contributed by atoms with Crippen LogP contribution in [-0.2, 0) is 15.5 Å². The largest absolute Gasteiger partial charge is 0.377 e. The fourth-order valence-corrected chi connectivity index (χ4v) is 5.56. The minimum absolute atomic E-state index is 0.243. The molecule has 2 fully saturated rings. The van der Waals surface area contributed by atoms with Crippen molar-refractivity contribution in [1.82, 2.24) is 5.32 Å². The van der Waals surface area contributed by atoms with Crippen LogP contribution in [0.4, 0.5) is 0 Å². The van der Waals surface area contributed by atoms with E-state index < -0.39 is 10.8 Å². The summed E-state index contributed by atoms with van der Waals surface area (Å²) in [5.41, 5.74) is 0.335. The second kappa shape index (κ2) is 7.37. The third-order valence-corrected chi connectivity index (χ3v) is 6.57. The first-order chi connectivity index (χ1) is 9.52. The van der Waals surface area contributed by atoms with Gasteiger partial charge in [0.25, 0.3) is 0 Å². The topological polar surface area (TPSA) is 38.3 Å². The molecule has 0 bridgehead atoms. The van der Waals surface area contributed by atoms with Gasteiger partial charge in [0.1, 0.15) is 0 Å². The Morgan fingerprint density at radius 2 is 2.15 bits per heavy atom. The van der Waals surface area contributed by atoms with E-state index in [9.17, 15) is 4.21 Å². The summed E-state index contributed by atoms with van der Waals surface area (Å²) in [6.45, 7) is 8.73. The zero-order valence-corrected chi connectivity index (χ0v) is 14.1. The Hall–Kier alpha value is 0.0700. The molecule has 1 heterocycles. The van der Waals surface area contributed by atoms with E-state index in [1.165, 1.54) is 6.42 Å². The van der Waals surface area contributed by atoms with Crippen molar-refractivity contribution in [3.63, 3.8) is 0 Å². The number of nitrogens with one attached hydrogen (secondary N) is 1. The minimum Gasteiger partial charge on any atom is -0.377 e. The van der Waals surface area contributed by atoms with E-state index >= 15 is 0 Å². The lowest BCUT2D eigenvalue weighted by Crippen LogP contribution is -2.49. The molecular formula is C16H31NO2S. The van der Waals surface area contributed by atoms with E-state index in [1.54, 1.807) is 0 Å². The highest BCUT2D eigenvalue weighted by atomic mass is 32.2. The van der Waals surface area contributed by atoms with Crippen molar-refractivity contribution in [2.75, 3.05) is 18.9 Å². The highest BCUT2D eigenvalue weighted by Gasteiger charge is 2.38. The Morgan fingerprint density at radius 1 is 1.35 bits per heavy atom. The van der Waals surface area contributed by atoms with E-state index in [2.05, 4.69) is 26.1 Å². The molecule has 1 aliphatic carbocycles. The highest BCUT2D eigenvalue weighted by molar-refractivity contribution is 7.85. The van der Waals surface area contributed by atoms with Gasteiger partial charge in [0.15, 0.2) is 0 Å². The van der Waals surface area contributed by atoms with Crippen molar-refractivity contribution in [3.8, 4) is 0 Å². The molecule has 0 aromatic carbocycles. The first-order valence-corrected chi connectivity index (χ1v) is 9.62. The zero-order valence-electron chi connectivity index (χ0n) is 13.3. The summed E-state index contributed by atoms with van der Waals surface area (Å²) in [6.07, 6.45) is 7.09. The molecule has 0 aromatic heterocycles. The van der Waals surface area contributed by atoms with Gasteiger partial charge in [-0.15, -0.1) is 0 Å². The van der Waals surface area contributed by atoms with Crippen LogP contribution in [0.2, 0.25) is 0 Å². The van der Waals surface area contributed by atoms with Gasteiger partial charge in [-0.05, 0) is 50.5 Å². The van der Waals surface area contributed by atoms with Gasteiger partial charge in [-0.1, -0.05) is 20.8 Å². The van der Waals surface area contributed by atoms with E-state index in [0.29, 0.717) is 16.7 Å². The predicted molar refractivity (Wildman–Crippen MR) is 85.5 cm³/mol. The number of ether oxygens (including phenoxy) is 1. The van der Waals surface area contributed by atoms with Crippen molar-refractivity contribution in [1.29, 1.82) is 0 Å². The fraction of sp³-hybridized carbons (Fsp3) is 1.00. The molecule has 4 unspecified atom stereocenters. The van der Waals surface area contributed by atoms with Crippen molar-refractivity contribution in [2.24, 2.45) is 5.41 Å². The van der Waals surface area contributed by atoms with Crippen molar-refractivity contribution in [2.45, 2.75) is 76.7 Å². The van der Waals surface area contributed by atoms with Gasteiger partial charge in [-0.25, -0.2) is 0 Å². The van der Waals surface area contributed by atoms with Crippen molar-refractivity contribution in [3.05, 3.63) is 0 Å². The molecule has 0 amide bonds. The smallest absolute Gasteiger partial charge is 0.0691 e. The molecule has 2 aliphatic rings. The Bertz CT molecular complexity index is 326. The predicted octanol–water partition coefficient (Wildman–Crippen LogP) is 2.86. The molecule has 2 rings (SSSR count). The van der Waals surface area contributed by atoms with Gasteiger partial charge in [-0.2, -0.15) is 0 Å². The lowest BCUT2D eigenvalue weighted by Gasteiger charge is -2.41. The molecule has 1 saturated heterocycles. The highest BCUT2D eigenvalue weighted by Crippen LogP contribution is 2.38. The lowest BCUT2D eigenvalue weighted by molar-refractivity contribution is 0.127. The fourth-order valence-electron chi connectivity index (χ4n) is 3.44. The van der Waals surface area contributed by atoms with E-state index in [-0.39, 0.29) is 6.10 Å². The first-order valence-electron chi connectivity index (χ1n) is 8.24. The average molecular weight is 301 g/mol. The summed E-state index contributed by atoms with van der Waals surface area (Å²) < 4.78 is 18.5. The van der Waals surface area contributed by atoms with Crippen LogP contribution < -0.4 is 5.32 Å². The molecule has 118 valence electrons. The van der Waals surface area contributed by atoms with Gasteiger partial charge >= 0.3 is 0 Å². The zero-order chi connectivity index (χ0) is 14.6. The number of rotatable bonds is 6. The minimum atomic E-state index is -0.764. The summed E-state index contributed by atoms with van der Waals surface area (Å²) >= 11 is 0. The Morgan fingerprint density at radius 3 is 2.80 bits per heavy atom. The maximum atomic E-state index is 12.8. The SMILES string of the molecule is CCCNC1CCC(C)(C)CC1S(=O)CC1CCCO1. The lowest BCUT2D eigenvalue weighted by atomic mass is 9.75. The van der Waals surface area contributed by atoms with Gasteiger partial charge in [-0.3, -0.25) is 4.21 Å². The summed E-state index contributed by atoms with van der Waals surface area (Å²) in [6, 6.07) is 0.435. The normalized spacial score (nSPS) is 35.0. The molecule has 3 nitrogen and oxygen atoms in total. The van der Waals surface area contributed by atoms with E-state index in [0.717, 1.165) is 51.0 Å². The van der Waals surface area contributed by atoms with Crippen LogP contribution in [0.15, 0.2) is 0 Å². The second-order valence-corrected chi connectivity index (χ2v) is 8.89. The quantitative estimate of drug-likeness (QED) is 0.820. The average Bonchev–Trinajstić information content (AvgIpc) is 2.89. The second-order valence-electron chi connectivity index (χ2n) is 7.19. The Kier molecular flexibility index (Phi) is 6.06. The van der Waals surface area contributed by atoms with E-state index in [1.807, 2.05) is 0 Å². The summed E-state index contributed by atoms with van der Waals surface area (Å²) in [7, 11) is -0.764. The van der Waals surface area contributed by atoms with Gasteiger partial charge in [0.05, 0.1) is 17.1 Å². The maximum absolute atomic E-state index is 12.8. The van der Waals surface area contributed by atoms with Crippen LogP contribution in [0.1, 0.15) is 59.3 Å². The monoisotopic (exact) mass is 301 g/mol. The number of hydrogen-bond acceptors (Lipinski definition) is 3. The summed E-state index contributed by atoms with van der Waals surface area (Å²) in [5, 5.41) is 3.93. The van der Waals surface area contributed by atoms with Gasteiger partial charge in [0, 0.05) is 23.4 Å². The van der Waals surface area contributed by atoms with Crippen LogP contribution in [0.3, 0.4) is 0 Å². The molecule has 1 saturated carbocycles. The Labute approximate surface area is 126 Å². The molecule has 20 heavy (non-hydrogen) atoms. The van der Waals surface area contributed by atoms with Crippen LogP contribution in [0, 0.1) is 5.41 Å². The standard InChI is InChI=1S/C16H31NO2S/c1-4-9-17-14-7-8-16(2,3)11-15(14)20(18)12-13-6-5-10-19-13/h13-15,17H,4-12H2,1-3H3. The summed E-state index contributed by atoms with van der Waals surface area (Å²) in [5.74, 6) is 0.741. The van der Waals surface area contributed by atoms with Crippen molar-refractivity contribution < 1.29 is 8.95 Å². The molecule has 4 heteroatoms. The molecule has 0 spiro atoms. The maximum Gasteiger partial charge on any atom is 0.0691 e. The van der Waals surface area contributed by atoms with Gasteiger partial charge in [0.2, 0.25) is 0 Å². The molecular weight excluding hydrogens is 270 g/mol. The van der Waals surface area contributed by atoms with Gasteiger partial charge < -0.3 is 10.1 Å². The summed E-state index contributed by atoms with van der Waals surface area (Å²) in [4.78, 5) is 0. The van der Waals surface area contributed by atoms with Crippen molar-refractivity contribution >= 4 is 10.8 Å². The molecule has 1 aliphatic heterocycles. The Balaban J connectivity index is 1.95. The molecule has 0 radical (unpaired) electrons. The van der Waals surface area contributed by atoms with E-state index in [4.69, 9.17) is 4.74 Å². The first kappa shape index (κ1) is 16.4. The van der Waals surface area contributed by atoms with Crippen LogP contribution in [-0.4, -0.2) is 40.5 Å². The van der Waals surface area contributed by atoms with Crippen LogP contribution >= 0.6 is 0 Å². The third kappa shape index (κ3) is 4.54. The molecule has 0 aromatic rings. The molecule has 1 N–H and O–H groups in total. The van der Waals surface area contributed by atoms with Crippen LogP contribution in [0.5, 0.6) is 0 Å². The number of hydrogen-bond donors (Lipinski definition) is 1. The third-order valence-electron chi connectivity index (χ3n) is 4.70. The molecule has 4 atom stereocenters. The van der Waals surface area contributed by atoms with Crippen LogP contribution in [0.25, 0.3) is 0 Å².